The van der Waals surface area contributed by atoms with Crippen LogP contribution in [0, 0.1) is 0 Å². The first-order valence-electron chi connectivity index (χ1n) is 10.6. The van der Waals surface area contributed by atoms with Gasteiger partial charge in [-0.25, -0.2) is 0 Å². The summed E-state index contributed by atoms with van der Waals surface area (Å²) in [5.74, 6) is 0. The lowest BCUT2D eigenvalue weighted by Gasteiger charge is -2.31. The van der Waals surface area contributed by atoms with E-state index in [2.05, 4.69) is 59.7 Å². The van der Waals surface area contributed by atoms with E-state index in [0.717, 1.165) is 25.7 Å². The molecule has 0 aliphatic heterocycles. The third-order valence-electron chi connectivity index (χ3n) is 6.53. The van der Waals surface area contributed by atoms with Crippen LogP contribution in [-0.2, 0) is 33.8 Å². The number of aryl methyl sites for hydroxylation is 2. The van der Waals surface area contributed by atoms with Crippen molar-refractivity contribution in [1.29, 1.82) is 0 Å². The van der Waals surface area contributed by atoms with Crippen LogP contribution in [0.15, 0.2) is 47.4 Å². The van der Waals surface area contributed by atoms with E-state index in [9.17, 15) is 13.0 Å². The lowest BCUT2D eigenvalue weighted by molar-refractivity contribution is 0.482. The Labute approximate surface area is 177 Å². The van der Waals surface area contributed by atoms with E-state index in [1.54, 1.807) is 12.1 Å². The van der Waals surface area contributed by atoms with Crippen molar-refractivity contribution in [2.24, 2.45) is 0 Å². The summed E-state index contributed by atoms with van der Waals surface area (Å²) in [6.07, 6.45) is 4.47. The summed E-state index contributed by atoms with van der Waals surface area (Å²) in [7, 11) is -4.19. The Balaban J connectivity index is 2.30. The second kappa shape index (κ2) is 9.01. The van der Waals surface area contributed by atoms with E-state index in [0.29, 0.717) is 12.0 Å². The van der Waals surface area contributed by atoms with Crippen LogP contribution in [0.5, 0.6) is 0 Å². The van der Waals surface area contributed by atoms with Gasteiger partial charge in [0.15, 0.2) is 0 Å². The standard InChI is InChI=1S/C25H36O3S/c1-7-24(3,4)21-17-16-19(22(18-21)25(5,6)8-2)13-11-14-20-12-9-10-15-23(20)29(26,27)28/h9-10,12,15-18H,7-8,11,13-14H2,1-6H3,(H,26,27,28). The van der Waals surface area contributed by atoms with Crippen molar-refractivity contribution in [1.82, 2.24) is 0 Å². The monoisotopic (exact) mass is 416 g/mol. The van der Waals surface area contributed by atoms with Crippen LogP contribution in [0.3, 0.4) is 0 Å². The molecule has 0 saturated heterocycles. The fraction of sp³-hybridized carbons (Fsp3) is 0.520. The smallest absolute Gasteiger partial charge is 0.282 e. The minimum absolute atomic E-state index is 0.0224. The molecule has 0 heterocycles. The SMILES string of the molecule is CCC(C)(C)c1ccc(CCCc2ccccc2S(=O)(=O)O)c(C(C)(C)CC)c1. The zero-order valence-electron chi connectivity index (χ0n) is 18.7. The van der Waals surface area contributed by atoms with Gasteiger partial charge in [0.25, 0.3) is 10.1 Å². The Morgan fingerprint density at radius 2 is 1.41 bits per heavy atom. The zero-order chi connectivity index (χ0) is 21.9. The molecule has 0 aromatic heterocycles. The van der Waals surface area contributed by atoms with E-state index in [-0.39, 0.29) is 15.7 Å². The molecule has 4 heteroatoms. The van der Waals surface area contributed by atoms with Crippen molar-refractivity contribution in [3.05, 3.63) is 64.7 Å². The predicted molar refractivity (Wildman–Crippen MR) is 121 cm³/mol. The molecule has 0 aliphatic carbocycles. The topological polar surface area (TPSA) is 54.4 Å². The first-order chi connectivity index (χ1) is 13.4. The summed E-state index contributed by atoms with van der Waals surface area (Å²) in [5, 5.41) is 0. The maximum absolute atomic E-state index is 11.6. The van der Waals surface area contributed by atoms with Gasteiger partial charge in [0, 0.05) is 0 Å². The normalized spacial score (nSPS) is 12.9. The lowest BCUT2D eigenvalue weighted by Crippen LogP contribution is -2.22. The second-order valence-corrected chi connectivity index (χ2v) is 10.7. The highest BCUT2D eigenvalue weighted by molar-refractivity contribution is 7.85. The van der Waals surface area contributed by atoms with Crippen LogP contribution >= 0.6 is 0 Å². The average Bonchev–Trinajstić information content (AvgIpc) is 2.67. The fourth-order valence-corrected chi connectivity index (χ4v) is 4.42. The third-order valence-corrected chi connectivity index (χ3v) is 7.49. The van der Waals surface area contributed by atoms with Gasteiger partial charge in [-0.15, -0.1) is 0 Å². The first-order valence-corrected chi connectivity index (χ1v) is 12.1. The second-order valence-electron chi connectivity index (χ2n) is 9.28. The van der Waals surface area contributed by atoms with Gasteiger partial charge in [0.05, 0.1) is 4.90 Å². The van der Waals surface area contributed by atoms with Crippen LogP contribution in [0.4, 0.5) is 0 Å². The molecule has 29 heavy (non-hydrogen) atoms. The maximum atomic E-state index is 11.6. The van der Waals surface area contributed by atoms with E-state index < -0.39 is 10.1 Å². The first kappa shape index (κ1) is 23.6. The fourth-order valence-electron chi connectivity index (χ4n) is 3.67. The summed E-state index contributed by atoms with van der Waals surface area (Å²) in [6, 6.07) is 13.6. The molecular formula is C25H36O3S. The molecule has 2 aromatic carbocycles. The highest BCUT2D eigenvalue weighted by atomic mass is 32.2. The van der Waals surface area contributed by atoms with Crippen molar-refractivity contribution in [2.45, 2.75) is 89.4 Å². The van der Waals surface area contributed by atoms with Crippen LogP contribution < -0.4 is 0 Å². The van der Waals surface area contributed by atoms with Gasteiger partial charge < -0.3 is 0 Å². The average molecular weight is 417 g/mol. The minimum atomic E-state index is -4.19. The summed E-state index contributed by atoms with van der Waals surface area (Å²) >= 11 is 0. The number of rotatable bonds is 9. The molecule has 0 amide bonds. The Kier molecular flexibility index (Phi) is 7.34. The summed E-state index contributed by atoms with van der Waals surface area (Å²) < 4.78 is 32.7. The van der Waals surface area contributed by atoms with Gasteiger partial charge in [0.1, 0.15) is 0 Å². The largest absolute Gasteiger partial charge is 0.294 e. The van der Waals surface area contributed by atoms with Crippen molar-refractivity contribution in [3.8, 4) is 0 Å². The molecule has 0 radical (unpaired) electrons. The Morgan fingerprint density at radius 1 is 0.828 bits per heavy atom. The molecule has 0 aliphatic rings. The molecule has 0 bridgehead atoms. The summed E-state index contributed by atoms with van der Waals surface area (Å²) in [4.78, 5) is 0.0224. The van der Waals surface area contributed by atoms with E-state index in [1.165, 1.54) is 22.8 Å². The molecule has 2 rings (SSSR count). The zero-order valence-corrected chi connectivity index (χ0v) is 19.6. The number of benzene rings is 2. The van der Waals surface area contributed by atoms with Gasteiger partial charge >= 0.3 is 0 Å². The summed E-state index contributed by atoms with van der Waals surface area (Å²) in [5.41, 5.74) is 5.00. The lowest BCUT2D eigenvalue weighted by atomic mass is 9.74. The third kappa shape index (κ3) is 5.70. The Hall–Kier alpha value is -1.65. The van der Waals surface area contributed by atoms with Crippen LogP contribution in [0.25, 0.3) is 0 Å². The molecule has 0 atom stereocenters. The maximum Gasteiger partial charge on any atom is 0.294 e. The summed E-state index contributed by atoms with van der Waals surface area (Å²) in [6.45, 7) is 13.6. The molecule has 2 aromatic rings. The number of hydrogen-bond acceptors (Lipinski definition) is 2. The molecular weight excluding hydrogens is 380 g/mol. The Bertz CT molecular complexity index is 940. The van der Waals surface area contributed by atoms with Gasteiger partial charge in [-0.3, -0.25) is 4.55 Å². The molecule has 0 unspecified atom stereocenters. The number of hydrogen-bond donors (Lipinski definition) is 1. The molecule has 3 nitrogen and oxygen atoms in total. The van der Waals surface area contributed by atoms with E-state index in [1.807, 2.05) is 6.07 Å². The van der Waals surface area contributed by atoms with E-state index >= 15 is 0 Å². The van der Waals surface area contributed by atoms with Crippen molar-refractivity contribution in [3.63, 3.8) is 0 Å². The minimum Gasteiger partial charge on any atom is -0.282 e. The van der Waals surface area contributed by atoms with Gasteiger partial charge in [-0.2, -0.15) is 8.42 Å². The molecule has 0 fully saturated rings. The van der Waals surface area contributed by atoms with Crippen molar-refractivity contribution >= 4 is 10.1 Å². The van der Waals surface area contributed by atoms with Gasteiger partial charge in [0.2, 0.25) is 0 Å². The quantitative estimate of drug-likeness (QED) is 0.476. The van der Waals surface area contributed by atoms with Gasteiger partial charge in [-0.1, -0.05) is 77.9 Å². The van der Waals surface area contributed by atoms with Crippen LogP contribution in [0.1, 0.15) is 83.1 Å². The highest BCUT2D eigenvalue weighted by Crippen LogP contribution is 2.35. The van der Waals surface area contributed by atoms with Crippen molar-refractivity contribution in [2.75, 3.05) is 0 Å². The molecule has 1 N–H and O–H groups in total. The Morgan fingerprint density at radius 3 is 2.00 bits per heavy atom. The predicted octanol–water partition coefficient (Wildman–Crippen LogP) is 6.48. The highest BCUT2D eigenvalue weighted by Gasteiger charge is 2.25. The molecule has 0 spiro atoms. The van der Waals surface area contributed by atoms with Crippen LogP contribution in [0.2, 0.25) is 0 Å². The van der Waals surface area contributed by atoms with Crippen molar-refractivity contribution < 1.29 is 13.0 Å². The molecule has 0 saturated carbocycles. The van der Waals surface area contributed by atoms with Gasteiger partial charge in [-0.05, 0) is 71.3 Å². The van der Waals surface area contributed by atoms with Crippen LogP contribution in [-0.4, -0.2) is 13.0 Å². The van der Waals surface area contributed by atoms with E-state index in [4.69, 9.17) is 0 Å². The molecule has 160 valence electrons.